The molecular weight excluding hydrogens is 252 g/mol. The Morgan fingerprint density at radius 2 is 2.11 bits per heavy atom. The van der Waals surface area contributed by atoms with E-state index in [2.05, 4.69) is 10.6 Å². The molecule has 0 aromatic carbocycles. The second-order valence-corrected chi connectivity index (χ2v) is 5.62. The number of aliphatic carboxylic acids is 1. The number of carboxylic acids is 1. The van der Waals surface area contributed by atoms with Gasteiger partial charge in [0, 0.05) is 24.9 Å². The number of amides is 2. The number of alkyl carbamates (subject to hydrolysis) is 1. The van der Waals surface area contributed by atoms with E-state index in [-0.39, 0.29) is 31.2 Å². The van der Waals surface area contributed by atoms with Crippen LogP contribution >= 0.6 is 0 Å². The Morgan fingerprint density at radius 3 is 2.63 bits per heavy atom. The number of nitrogens with one attached hydrogen (secondary N) is 2. The lowest BCUT2D eigenvalue weighted by atomic mass is 9.98. The Kier molecular flexibility index (Phi) is 4.74. The molecule has 1 aliphatic rings. The van der Waals surface area contributed by atoms with Gasteiger partial charge in [-0.15, -0.1) is 0 Å². The minimum Gasteiger partial charge on any atom is -0.481 e. The van der Waals surface area contributed by atoms with Crippen molar-refractivity contribution in [2.24, 2.45) is 5.92 Å². The fourth-order valence-electron chi connectivity index (χ4n) is 1.91. The summed E-state index contributed by atoms with van der Waals surface area (Å²) in [5.41, 5.74) is -0.589. The number of carbonyl (C=O) groups is 3. The summed E-state index contributed by atoms with van der Waals surface area (Å²) in [6.45, 7) is 5.47. The second-order valence-electron chi connectivity index (χ2n) is 5.62. The van der Waals surface area contributed by atoms with E-state index in [1.165, 1.54) is 0 Å². The van der Waals surface area contributed by atoms with E-state index in [1.54, 1.807) is 20.8 Å². The first kappa shape index (κ1) is 15.3. The largest absolute Gasteiger partial charge is 0.481 e. The molecule has 1 heterocycles. The highest BCUT2D eigenvalue weighted by molar-refractivity contribution is 5.80. The van der Waals surface area contributed by atoms with Gasteiger partial charge in [0.15, 0.2) is 0 Å². The summed E-state index contributed by atoms with van der Waals surface area (Å²) in [5, 5.41) is 13.9. The van der Waals surface area contributed by atoms with Crippen molar-refractivity contribution in [3.05, 3.63) is 0 Å². The number of rotatable bonds is 4. The molecule has 7 nitrogen and oxygen atoms in total. The molecule has 0 radical (unpaired) electrons. The molecule has 19 heavy (non-hydrogen) atoms. The lowest BCUT2D eigenvalue weighted by molar-refractivity contribution is -0.137. The number of ether oxygens (including phenoxy) is 1. The Morgan fingerprint density at radius 1 is 1.47 bits per heavy atom. The maximum absolute atomic E-state index is 11.5. The van der Waals surface area contributed by atoms with Gasteiger partial charge >= 0.3 is 12.1 Å². The first-order valence-electron chi connectivity index (χ1n) is 6.15. The summed E-state index contributed by atoms with van der Waals surface area (Å²) >= 11 is 0. The first-order valence-corrected chi connectivity index (χ1v) is 6.15. The maximum atomic E-state index is 11.5. The van der Waals surface area contributed by atoms with Crippen LogP contribution in [0, 0.1) is 5.92 Å². The summed E-state index contributed by atoms with van der Waals surface area (Å²) in [7, 11) is 0. The summed E-state index contributed by atoms with van der Waals surface area (Å²) in [6, 6.07) is -0.445. The van der Waals surface area contributed by atoms with E-state index in [0.717, 1.165) is 0 Å². The molecule has 1 aliphatic heterocycles. The molecule has 108 valence electrons. The van der Waals surface area contributed by atoms with Crippen molar-refractivity contribution in [2.75, 3.05) is 6.54 Å². The highest BCUT2D eigenvalue weighted by atomic mass is 16.6. The smallest absolute Gasteiger partial charge is 0.407 e. The molecule has 2 atom stereocenters. The van der Waals surface area contributed by atoms with Crippen LogP contribution in [0.25, 0.3) is 0 Å². The molecule has 7 heteroatoms. The summed E-state index contributed by atoms with van der Waals surface area (Å²) in [4.78, 5) is 33.4. The van der Waals surface area contributed by atoms with Crippen molar-refractivity contribution in [3.63, 3.8) is 0 Å². The molecule has 3 N–H and O–H groups in total. The predicted octanol–water partition coefficient (Wildman–Crippen LogP) is 0.491. The van der Waals surface area contributed by atoms with Gasteiger partial charge in [-0.2, -0.15) is 0 Å². The van der Waals surface area contributed by atoms with Gasteiger partial charge in [0.05, 0.1) is 6.42 Å². The molecule has 0 aromatic rings. The van der Waals surface area contributed by atoms with Gasteiger partial charge in [0.25, 0.3) is 0 Å². The Bertz CT molecular complexity index is 375. The number of carbonyl (C=O) groups excluding carboxylic acids is 2. The minimum absolute atomic E-state index is 0.146. The maximum Gasteiger partial charge on any atom is 0.407 e. The standard InChI is InChI=1S/C12H20N2O5/c1-12(2,3)19-11(18)13-6-7-4-9(15)14-8(7)5-10(16)17/h7-8H,4-6H2,1-3H3,(H,13,18)(H,14,15)(H,16,17)/t7-,8-/m1/s1. The van der Waals surface area contributed by atoms with Gasteiger partial charge in [-0.25, -0.2) is 4.79 Å². The fourth-order valence-corrected chi connectivity index (χ4v) is 1.91. The summed E-state index contributed by atoms with van der Waals surface area (Å²) in [5.74, 6) is -1.40. The molecule has 0 aliphatic carbocycles. The summed E-state index contributed by atoms with van der Waals surface area (Å²) in [6.07, 6.45) is -0.499. The van der Waals surface area contributed by atoms with Crippen molar-refractivity contribution >= 4 is 18.0 Å². The van der Waals surface area contributed by atoms with Crippen molar-refractivity contribution in [1.29, 1.82) is 0 Å². The van der Waals surface area contributed by atoms with E-state index in [9.17, 15) is 14.4 Å². The average molecular weight is 272 g/mol. The van der Waals surface area contributed by atoms with Crippen molar-refractivity contribution in [2.45, 2.75) is 45.3 Å². The van der Waals surface area contributed by atoms with E-state index in [0.29, 0.717) is 0 Å². The Labute approximate surface area is 111 Å². The molecule has 0 bridgehead atoms. The zero-order chi connectivity index (χ0) is 14.6. The highest BCUT2D eigenvalue weighted by Gasteiger charge is 2.34. The summed E-state index contributed by atoms with van der Waals surface area (Å²) < 4.78 is 5.07. The van der Waals surface area contributed by atoms with Crippen molar-refractivity contribution < 1.29 is 24.2 Å². The molecule has 0 aromatic heterocycles. The van der Waals surface area contributed by atoms with Gasteiger partial charge < -0.3 is 20.5 Å². The molecule has 1 fully saturated rings. The van der Waals surface area contributed by atoms with Crippen LogP contribution in [0.3, 0.4) is 0 Å². The number of carboxylic acid groups (broad SMARTS) is 1. The van der Waals surface area contributed by atoms with Crippen molar-refractivity contribution in [3.8, 4) is 0 Å². The van der Waals surface area contributed by atoms with Crippen molar-refractivity contribution in [1.82, 2.24) is 10.6 Å². The highest BCUT2D eigenvalue weighted by Crippen LogP contribution is 2.18. The van der Waals surface area contributed by atoms with Crippen LogP contribution in [0.1, 0.15) is 33.6 Å². The van der Waals surface area contributed by atoms with Crippen LogP contribution in [0.4, 0.5) is 4.79 Å². The second kappa shape index (κ2) is 5.90. The molecule has 1 rings (SSSR count). The van der Waals surface area contributed by atoms with E-state index < -0.39 is 23.7 Å². The van der Waals surface area contributed by atoms with Crippen LogP contribution in [-0.2, 0) is 14.3 Å². The number of hydrogen-bond donors (Lipinski definition) is 3. The topological polar surface area (TPSA) is 105 Å². The van der Waals surface area contributed by atoms with Crippen LogP contribution in [0.5, 0.6) is 0 Å². The molecule has 0 spiro atoms. The van der Waals surface area contributed by atoms with E-state index >= 15 is 0 Å². The van der Waals surface area contributed by atoms with Gasteiger partial charge in [-0.05, 0) is 20.8 Å². The molecule has 2 amide bonds. The molecule has 0 unspecified atom stereocenters. The fraction of sp³-hybridized carbons (Fsp3) is 0.750. The zero-order valence-electron chi connectivity index (χ0n) is 11.4. The van der Waals surface area contributed by atoms with Crippen LogP contribution < -0.4 is 10.6 Å². The van der Waals surface area contributed by atoms with E-state index in [1.807, 2.05) is 0 Å². The van der Waals surface area contributed by atoms with Crippen LogP contribution in [-0.4, -0.2) is 41.3 Å². The minimum atomic E-state index is -0.977. The Balaban J connectivity index is 2.44. The van der Waals surface area contributed by atoms with Gasteiger partial charge in [-0.3, -0.25) is 9.59 Å². The SMILES string of the molecule is CC(C)(C)OC(=O)NC[C@H]1CC(=O)N[C@@H]1CC(=O)O. The lowest BCUT2D eigenvalue weighted by Gasteiger charge is -2.22. The first-order chi connectivity index (χ1) is 8.67. The molecule has 1 saturated heterocycles. The third-order valence-corrected chi connectivity index (χ3v) is 2.67. The predicted molar refractivity (Wildman–Crippen MR) is 66.5 cm³/mol. The van der Waals surface area contributed by atoms with Gasteiger partial charge in [0.1, 0.15) is 5.60 Å². The Hall–Kier alpha value is -1.79. The average Bonchev–Trinajstić information content (AvgIpc) is 2.52. The normalized spacial score (nSPS) is 22.8. The third kappa shape index (κ3) is 5.58. The van der Waals surface area contributed by atoms with Gasteiger partial charge in [-0.1, -0.05) is 0 Å². The quantitative estimate of drug-likeness (QED) is 0.691. The van der Waals surface area contributed by atoms with Gasteiger partial charge in [0.2, 0.25) is 5.91 Å². The van der Waals surface area contributed by atoms with E-state index in [4.69, 9.17) is 9.84 Å². The number of hydrogen-bond acceptors (Lipinski definition) is 4. The zero-order valence-corrected chi connectivity index (χ0v) is 11.4. The lowest BCUT2D eigenvalue weighted by Crippen LogP contribution is -2.39. The molecule has 0 saturated carbocycles. The molecular formula is C12H20N2O5. The third-order valence-electron chi connectivity index (χ3n) is 2.67. The monoisotopic (exact) mass is 272 g/mol. The van der Waals surface area contributed by atoms with Crippen LogP contribution in [0.2, 0.25) is 0 Å². The van der Waals surface area contributed by atoms with Crippen LogP contribution in [0.15, 0.2) is 0 Å².